The number of carbonyl (C=O) groups is 1. The number of carbonyl (C=O) groups excluding carboxylic acids is 1. The fourth-order valence-corrected chi connectivity index (χ4v) is 4.39. The Balaban J connectivity index is 1.53. The first-order chi connectivity index (χ1) is 14.6. The van der Waals surface area contributed by atoms with Gasteiger partial charge in [0.25, 0.3) is 5.91 Å². The lowest BCUT2D eigenvalue weighted by Gasteiger charge is -2.40. The molecule has 1 unspecified atom stereocenters. The molecular formula is C23H32N4O3S. The van der Waals surface area contributed by atoms with Crippen LogP contribution in [0.15, 0.2) is 35.7 Å². The Morgan fingerprint density at radius 1 is 1.16 bits per heavy atom. The van der Waals surface area contributed by atoms with Gasteiger partial charge in [-0.25, -0.2) is 0 Å². The fourth-order valence-electron chi connectivity index (χ4n) is 3.67. The molecule has 0 bridgehead atoms. The fraction of sp³-hybridized carbons (Fsp3) is 0.522. The van der Waals surface area contributed by atoms with Gasteiger partial charge in [0.2, 0.25) is 0 Å². The summed E-state index contributed by atoms with van der Waals surface area (Å²) >= 11 is 1.19. The maximum Gasteiger partial charge on any atom is 0.324 e. The topological polar surface area (TPSA) is 78.7 Å². The van der Waals surface area contributed by atoms with Crippen LogP contribution in [0.3, 0.4) is 0 Å². The molecule has 1 N–H and O–H groups in total. The van der Waals surface area contributed by atoms with Crippen molar-refractivity contribution in [2.75, 3.05) is 32.7 Å². The number of nitrogens with zero attached hydrogens (tertiary/aromatic N) is 3. The minimum absolute atomic E-state index is 0.0300. The average Bonchev–Trinajstić information content (AvgIpc) is 3.17. The third-order valence-electron chi connectivity index (χ3n) is 5.80. The molecule has 168 valence electrons. The van der Waals surface area contributed by atoms with Crippen LogP contribution >= 0.6 is 11.3 Å². The van der Waals surface area contributed by atoms with E-state index in [1.165, 1.54) is 11.3 Å². The quantitative estimate of drug-likeness (QED) is 0.517. The van der Waals surface area contributed by atoms with E-state index in [0.29, 0.717) is 5.56 Å². The van der Waals surface area contributed by atoms with Crippen LogP contribution in [0.1, 0.15) is 42.3 Å². The smallest absolute Gasteiger partial charge is 0.324 e. The number of nitrogens with one attached hydrogen (secondary N) is 1. The molecule has 1 atom stereocenters. The number of thiophene rings is 1. The van der Waals surface area contributed by atoms with Crippen LogP contribution in [0.25, 0.3) is 0 Å². The van der Waals surface area contributed by atoms with Crippen LogP contribution in [-0.2, 0) is 6.54 Å². The lowest BCUT2D eigenvalue weighted by Crippen LogP contribution is -2.54. The number of hydrogen-bond acceptors (Lipinski definition) is 6. The summed E-state index contributed by atoms with van der Waals surface area (Å²) < 4.78 is 0. The van der Waals surface area contributed by atoms with Gasteiger partial charge in [0.05, 0.1) is 4.92 Å². The van der Waals surface area contributed by atoms with Crippen molar-refractivity contribution in [2.24, 2.45) is 5.41 Å². The number of hydrogen-bond donors (Lipinski definition) is 1. The molecule has 0 spiro atoms. The molecule has 0 saturated carbocycles. The van der Waals surface area contributed by atoms with Crippen molar-refractivity contribution in [2.45, 2.75) is 40.3 Å². The Kier molecular flexibility index (Phi) is 7.46. The largest absolute Gasteiger partial charge is 0.347 e. The van der Waals surface area contributed by atoms with Gasteiger partial charge in [0, 0.05) is 62.3 Å². The molecular weight excluding hydrogens is 412 g/mol. The van der Waals surface area contributed by atoms with E-state index in [-0.39, 0.29) is 27.3 Å². The Hall–Kier alpha value is -2.29. The van der Waals surface area contributed by atoms with E-state index in [0.717, 1.165) is 50.4 Å². The second-order valence-corrected chi connectivity index (χ2v) is 10.3. The van der Waals surface area contributed by atoms with Crippen molar-refractivity contribution in [3.8, 4) is 0 Å². The molecule has 1 saturated heterocycles. The van der Waals surface area contributed by atoms with E-state index in [1.807, 2.05) is 36.6 Å². The molecule has 1 aliphatic rings. The number of nitro groups is 1. The summed E-state index contributed by atoms with van der Waals surface area (Å²) in [7, 11) is 0. The number of rotatable bonds is 7. The highest BCUT2D eigenvalue weighted by Crippen LogP contribution is 2.25. The van der Waals surface area contributed by atoms with E-state index in [2.05, 4.69) is 35.9 Å². The second-order valence-electron chi connectivity index (χ2n) is 9.39. The lowest BCUT2D eigenvalue weighted by atomic mass is 9.86. The molecule has 31 heavy (non-hydrogen) atoms. The highest BCUT2D eigenvalue weighted by Gasteiger charge is 2.30. The number of benzene rings is 1. The van der Waals surface area contributed by atoms with E-state index in [4.69, 9.17) is 0 Å². The average molecular weight is 445 g/mol. The molecule has 0 radical (unpaired) electrons. The zero-order valence-electron chi connectivity index (χ0n) is 18.8. The van der Waals surface area contributed by atoms with Gasteiger partial charge in [-0.2, -0.15) is 0 Å². The van der Waals surface area contributed by atoms with Crippen LogP contribution in [0.4, 0.5) is 5.00 Å². The molecule has 1 amide bonds. The Bertz CT molecular complexity index is 896. The number of amides is 1. The third kappa shape index (κ3) is 6.59. The zero-order chi connectivity index (χ0) is 22.6. The van der Waals surface area contributed by atoms with Gasteiger partial charge in [-0.05, 0) is 30.0 Å². The molecule has 7 nitrogen and oxygen atoms in total. The predicted molar refractivity (Wildman–Crippen MR) is 125 cm³/mol. The number of aryl methyl sites for hydroxylation is 1. The van der Waals surface area contributed by atoms with Gasteiger partial charge in [0.1, 0.15) is 0 Å². The van der Waals surface area contributed by atoms with Crippen molar-refractivity contribution < 1.29 is 9.72 Å². The Morgan fingerprint density at radius 2 is 1.77 bits per heavy atom. The molecule has 0 aliphatic carbocycles. The molecule has 8 heteroatoms. The van der Waals surface area contributed by atoms with Crippen molar-refractivity contribution in [3.63, 3.8) is 0 Å². The van der Waals surface area contributed by atoms with Crippen molar-refractivity contribution in [1.82, 2.24) is 15.1 Å². The summed E-state index contributed by atoms with van der Waals surface area (Å²) in [5, 5.41) is 16.2. The summed E-state index contributed by atoms with van der Waals surface area (Å²) in [6, 6.07) is 9.38. The van der Waals surface area contributed by atoms with E-state index >= 15 is 0 Å². The normalized spacial score (nSPS) is 16.8. The molecule has 2 aromatic rings. The molecule has 2 heterocycles. The first kappa shape index (κ1) is 23.4. The van der Waals surface area contributed by atoms with Gasteiger partial charge >= 0.3 is 5.00 Å². The summed E-state index contributed by atoms with van der Waals surface area (Å²) in [6.07, 6.45) is 0. The van der Waals surface area contributed by atoms with Crippen molar-refractivity contribution >= 4 is 22.2 Å². The summed E-state index contributed by atoms with van der Waals surface area (Å²) in [6.45, 7) is 13.7. The van der Waals surface area contributed by atoms with Crippen LogP contribution in [0.2, 0.25) is 0 Å². The first-order valence-electron chi connectivity index (χ1n) is 10.7. The van der Waals surface area contributed by atoms with E-state index in [9.17, 15) is 14.9 Å². The summed E-state index contributed by atoms with van der Waals surface area (Å²) in [4.78, 5) is 28.1. The summed E-state index contributed by atoms with van der Waals surface area (Å²) in [5.41, 5.74) is 2.77. The van der Waals surface area contributed by atoms with Gasteiger partial charge < -0.3 is 5.32 Å². The van der Waals surface area contributed by atoms with Crippen molar-refractivity contribution in [1.29, 1.82) is 0 Å². The van der Waals surface area contributed by atoms with Crippen LogP contribution in [-0.4, -0.2) is 59.4 Å². The number of piperazine rings is 1. The molecule has 3 rings (SSSR count). The van der Waals surface area contributed by atoms with Gasteiger partial charge in [-0.1, -0.05) is 49.8 Å². The Morgan fingerprint density at radius 3 is 2.32 bits per heavy atom. The molecule has 1 aromatic carbocycles. The zero-order valence-corrected chi connectivity index (χ0v) is 19.6. The maximum atomic E-state index is 12.8. The van der Waals surface area contributed by atoms with Crippen molar-refractivity contribution in [3.05, 3.63) is 62.5 Å². The second kappa shape index (κ2) is 9.89. The van der Waals surface area contributed by atoms with E-state index in [1.54, 1.807) is 6.07 Å². The predicted octanol–water partition coefficient (Wildman–Crippen LogP) is 3.93. The van der Waals surface area contributed by atoms with Gasteiger partial charge in [-0.3, -0.25) is 24.7 Å². The van der Waals surface area contributed by atoms with Crippen LogP contribution < -0.4 is 5.32 Å². The monoisotopic (exact) mass is 444 g/mol. The SMILES string of the molecule is Cc1ccc(C(=O)NC(CN2CCN(Cc3csc([N+](=O)[O-])c3)CC2)C(C)(C)C)cc1. The maximum absolute atomic E-state index is 12.8. The molecule has 1 fully saturated rings. The summed E-state index contributed by atoms with van der Waals surface area (Å²) in [5.74, 6) is -0.0300. The van der Waals surface area contributed by atoms with Crippen LogP contribution in [0, 0.1) is 22.5 Å². The minimum atomic E-state index is -0.330. The van der Waals surface area contributed by atoms with Gasteiger partial charge in [0.15, 0.2) is 0 Å². The molecule has 1 aliphatic heterocycles. The highest BCUT2D eigenvalue weighted by molar-refractivity contribution is 7.13. The Labute approximate surface area is 188 Å². The van der Waals surface area contributed by atoms with E-state index < -0.39 is 0 Å². The van der Waals surface area contributed by atoms with Gasteiger partial charge in [-0.15, -0.1) is 0 Å². The standard InChI is InChI=1S/C23H32N4O3S/c1-17-5-7-19(8-6-17)22(28)24-20(23(2,3)4)15-26-11-9-25(10-12-26)14-18-13-21(27(29)30)31-16-18/h5-8,13,16,20H,9-12,14-15H2,1-4H3,(H,24,28). The minimum Gasteiger partial charge on any atom is -0.347 e. The highest BCUT2D eigenvalue weighted by atomic mass is 32.1. The molecule has 1 aromatic heterocycles. The first-order valence-corrected chi connectivity index (χ1v) is 11.5. The third-order valence-corrected chi connectivity index (χ3v) is 6.73. The van der Waals surface area contributed by atoms with Crippen LogP contribution in [0.5, 0.6) is 0 Å². The lowest BCUT2D eigenvalue weighted by molar-refractivity contribution is -0.380.